The third-order valence-electron chi connectivity index (χ3n) is 2.65. The first-order chi connectivity index (χ1) is 8.41. The molecule has 1 heterocycles. The Morgan fingerprint density at radius 3 is 2.50 bits per heavy atom. The van der Waals surface area contributed by atoms with Gasteiger partial charge in [0, 0.05) is 18.8 Å². The molecule has 6 nitrogen and oxygen atoms in total. The van der Waals surface area contributed by atoms with Gasteiger partial charge in [-0.3, -0.25) is 14.4 Å². The van der Waals surface area contributed by atoms with Crippen LogP contribution in [0.25, 0.3) is 0 Å². The lowest BCUT2D eigenvalue weighted by atomic mass is 9.96. The van der Waals surface area contributed by atoms with Gasteiger partial charge in [-0.05, 0) is 12.0 Å². The molecule has 98 valence electrons. The highest BCUT2D eigenvalue weighted by Crippen LogP contribution is 2.09. The fraction of sp³-hybridized carbons (Fsp3) is 0.417. The van der Waals surface area contributed by atoms with Crippen LogP contribution in [-0.4, -0.2) is 28.5 Å². The summed E-state index contributed by atoms with van der Waals surface area (Å²) >= 11 is 0. The van der Waals surface area contributed by atoms with E-state index in [0.29, 0.717) is 5.56 Å². The summed E-state index contributed by atoms with van der Waals surface area (Å²) in [6.45, 7) is 3.63. The minimum atomic E-state index is -0.938. The number of hydrogen-bond donors (Lipinski definition) is 3. The van der Waals surface area contributed by atoms with Crippen molar-refractivity contribution in [2.24, 2.45) is 11.8 Å². The molecule has 0 aliphatic rings. The van der Waals surface area contributed by atoms with Gasteiger partial charge in [0.25, 0.3) is 5.91 Å². The van der Waals surface area contributed by atoms with Gasteiger partial charge in [-0.2, -0.15) is 0 Å². The van der Waals surface area contributed by atoms with Crippen LogP contribution in [0.3, 0.4) is 0 Å². The Labute approximate surface area is 104 Å². The topological polar surface area (TPSA) is 99.3 Å². The molecule has 0 radical (unpaired) electrons. The molecule has 1 amide bonds. The Balaban J connectivity index is 2.63. The number of carbonyl (C=O) groups is 2. The van der Waals surface area contributed by atoms with Gasteiger partial charge in [-0.1, -0.05) is 13.8 Å². The van der Waals surface area contributed by atoms with Crippen molar-refractivity contribution in [2.75, 3.05) is 6.54 Å². The van der Waals surface area contributed by atoms with E-state index in [1.54, 1.807) is 13.8 Å². The van der Waals surface area contributed by atoms with Crippen LogP contribution in [0.4, 0.5) is 0 Å². The van der Waals surface area contributed by atoms with Crippen LogP contribution in [0.1, 0.15) is 24.2 Å². The maximum absolute atomic E-state index is 11.7. The van der Waals surface area contributed by atoms with Crippen molar-refractivity contribution < 1.29 is 14.7 Å². The molecule has 1 atom stereocenters. The number of rotatable bonds is 5. The van der Waals surface area contributed by atoms with Crippen LogP contribution in [0.2, 0.25) is 0 Å². The van der Waals surface area contributed by atoms with Crippen LogP contribution in [0.15, 0.2) is 23.1 Å². The molecule has 6 heteroatoms. The second-order valence-corrected chi connectivity index (χ2v) is 4.34. The standard InChI is InChI=1S/C12H16N2O4/c1-7(2)9(12(17)18)6-14-11(16)8-3-4-10(15)13-5-8/h3-5,7,9H,6H2,1-2H3,(H,13,15)(H,14,16)(H,17,18). The maximum Gasteiger partial charge on any atom is 0.308 e. The van der Waals surface area contributed by atoms with Crippen molar-refractivity contribution >= 4 is 11.9 Å². The highest BCUT2D eigenvalue weighted by atomic mass is 16.4. The zero-order valence-corrected chi connectivity index (χ0v) is 10.3. The van der Waals surface area contributed by atoms with Crippen molar-refractivity contribution in [3.63, 3.8) is 0 Å². The molecule has 0 saturated carbocycles. The monoisotopic (exact) mass is 252 g/mol. The van der Waals surface area contributed by atoms with Gasteiger partial charge < -0.3 is 15.4 Å². The summed E-state index contributed by atoms with van der Waals surface area (Å²) in [6.07, 6.45) is 1.29. The summed E-state index contributed by atoms with van der Waals surface area (Å²) in [5.74, 6) is -2.04. The van der Waals surface area contributed by atoms with E-state index in [-0.39, 0.29) is 18.0 Å². The number of nitrogens with one attached hydrogen (secondary N) is 2. The van der Waals surface area contributed by atoms with Crippen molar-refractivity contribution in [3.8, 4) is 0 Å². The molecule has 0 aromatic carbocycles. The van der Waals surface area contributed by atoms with Gasteiger partial charge in [-0.15, -0.1) is 0 Å². The average molecular weight is 252 g/mol. The number of aliphatic carboxylic acids is 1. The number of carboxylic acids is 1. The fourth-order valence-electron chi connectivity index (χ4n) is 1.46. The molecule has 0 fully saturated rings. The van der Waals surface area contributed by atoms with Gasteiger partial charge in [0.2, 0.25) is 5.56 Å². The molecular formula is C12H16N2O4. The number of H-pyrrole nitrogens is 1. The predicted molar refractivity (Wildman–Crippen MR) is 65.4 cm³/mol. The molecular weight excluding hydrogens is 236 g/mol. The summed E-state index contributed by atoms with van der Waals surface area (Å²) in [7, 11) is 0. The van der Waals surface area contributed by atoms with Crippen LogP contribution >= 0.6 is 0 Å². The van der Waals surface area contributed by atoms with E-state index in [2.05, 4.69) is 10.3 Å². The fourth-order valence-corrected chi connectivity index (χ4v) is 1.46. The van der Waals surface area contributed by atoms with Crippen molar-refractivity contribution in [3.05, 3.63) is 34.2 Å². The van der Waals surface area contributed by atoms with Crippen LogP contribution in [0, 0.1) is 11.8 Å². The van der Waals surface area contributed by atoms with E-state index in [4.69, 9.17) is 5.11 Å². The van der Waals surface area contributed by atoms with E-state index in [1.807, 2.05) is 0 Å². The summed E-state index contributed by atoms with van der Waals surface area (Å²) < 4.78 is 0. The zero-order valence-electron chi connectivity index (χ0n) is 10.3. The maximum atomic E-state index is 11.7. The van der Waals surface area contributed by atoms with Gasteiger partial charge in [0.05, 0.1) is 11.5 Å². The van der Waals surface area contributed by atoms with E-state index in [9.17, 15) is 14.4 Å². The quantitative estimate of drug-likeness (QED) is 0.709. The Morgan fingerprint density at radius 2 is 2.06 bits per heavy atom. The molecule has 0 saturated heterocycles. The first-order valence-corrected chi connectivity index (χ1v) is 5.61. The van der Waals surface area contributed by atoms with Crippen LogP contribution < -0.4 is 10.9 Å². The Kier molecular flexibility index (Phi) is 4.65. The second kappa shape index (κ2) is 6.00. The lowest BCUT2D eigenvalue weighted by Crippen LogP contribution is -2.35. The van der Waals surface area contributed by atoms with Gasteiger partial charge in [-0.25, -0.2) is 0 Å². The third-order valence-corrected chi connectivity index (χ3v) is 2.65. The SMILES string of the molecule is CC(C)C(CNC(=O)c1ccc(=O)[nH]c1)C(=O)O. The highest BCUT2D eigenvalue weighted by molar-refractivity contribution is 5.94. The first kappa shape index (κ1) is 14.0. The van der Waals surface area contributed by atoms with Crippen molar-refractivity contribution in [1.29, 1.82) is 0 Å². The minimum absolute atomic E-state index is 0.0605. The number of aromatic nitrogens is 1. The first-order valence-electron chi connectivity index (χ1n) is 5.61. The summed E-state index contributed by atoms with van der Waals surface area (Å²) in [6, 6.07) is 2.63. The summed E-state index contributed by atoms with van der Waals surface area (Å²) in [4.78, 5) is 35.8. The molecule has 1 rings (SSSR count). The number of hydrogen-bond acceptors (Lipinski definition) is 3. The number of carboxylic acid groups (broad SMARTS) is 1. The second-order valence-electron chi connectivity index (χ2n) is 4.34. The van der Waals surface area contributed by atoms with E-state index in [0.717, 1.165) is 0 Å². The van der Waals surface area contributed by atoms with Crippen molar-refractivity contribution in [2.45, 2.75) is 13.8 Å². The number of aromatic amines is 1. The van der Waals surface area contributed by atoms with E-state index in [1.165, 1.54) is 18.3 Å². The van der Waals surface area contributed by atoms with Gasteiger partial charge in [0.1, 0.15) is 0 Å². The van der Waals surface area contributed by atoms with Crippen LogP contribution in [0.5, 0.6) is 0 Å². The molecule has 0 bridgehead atoms. The molecule has 18 heavy (non-hydrogen) atoms. The molecule has 0 aliphatic carbocycles. The number of amides is 1. The Hall–Kier alpha value is -2.11. The molecule has 1 aromatic heterocycles. The normalized spacial score (nSPS) is 12.2. The number of carbonyl (C=O) groups excluding carboxylic acids is 1. The molecule has 1 aromatic rings. The molecule has 0 spiro atoms. The highest BCUT2D eigenvalue weighted by Gasteiger charge is 2.22. The Morgan fingerprint density at radius 1 is 1.39 bits per heavy atom. The smallest absolute Gasteiger partial charge is 0.308 e. The Bertz CT molecular complexity index is 473. The van der Waals surface area contributed by atoms with E-state index >= 15 is 0 Å². The van der Waals surface area contributed by atoms with Crippen LogP contribution in [-0.2, 0) is 4.79 Å². The molecule has 0 aliphatic heterocycles. The molecule has 1 unspecified atom stereocenters. The van der Waals surface area contributed by atoms with E-state index < -0.39 is 17.8 Å². The van der Waals surface area contributed by atoms with Crippen molar-refractivity contribution in [1.82, 2.24) is 10.3 Å². The van der Waals surface area contributed by atoms with Gasteiger partial charge in [0.15, 0.2) is 0 Å². The zero-order chi connectivity index (χ0) is 13.7. The molecule has 3 N–H and O–H groups in total. The summed E-state index contributed by atoms with van der Waals surface area (Å²) in [5, 5.41) is 11.5. The summed E-state index contributed by atoms with van der Waals surface area (Å²) in [5.41, 5.74) is -0.000335. The van der Waals surface area contributed by atoms with Gasteiger partial charge >= 0.3 is 5.97 Å². The largest absolute Gasteiger partial charge is 0.481 e. The lowest BCUT2D eigenvalue weighted by molar-refractivity contribution is -0.142. The minimum Gasteiger partial charge on any atom is -0.481 e. The lowest BCUT2D eigenvalue weighted by Gasteiger charge is -2.16. The number of pyridine rings is 1. The predicted octanol–water partition coefficient (Wildman–Crippen LogP) is 0.461. The average Bonchev–Trinajstić information content (AvgIpc) is 2.28. The third kappa shape index (κ3) is 3.73.